The molecule has 1 aromatic carbocycles. The number of hydrogen-bond donors (Lipinski definition) is 2. The Kier molecular flexibility index (Phi) is 4.36. The first-order chi connectivity index (χ1) is 10.2. The van der Waals surface area contributed by atoms with Crippen LogP contribution >= 0.6 is 0 Å². The summed E-state index contributed by atoms with van der Waals surface area (Å²) >= 11 is 0. The number of rotatable bonds is 7. The van der Waals surface area contributed by atoms with Crippen LogP contribution in [0.4, 0.5) is 0 Å². The van der Waals surface area contributed by atoms with Gasteiger partial charge in [0.25, 0.3) is 0 Å². The third kappa shape index (κ3) is 3.50. The van der Waals surface area contributed by atoms with Crippen LogP contribution in [0.1, 0.15) is 39.0 Å². The number of nitrogens with one attached hydrogen (secondary N) is 1. The lowest BCUT2D eigenvalue weighted by molar-refractivity contribution is 0.136. The van der Waals surface area contributed by atoms with Crippen LogP contribution in [0.3, 0.4) is 0 Å². The largest absolute Gasteiger partial charge is 0.490 e. The zero-order valence-corrected chi connectivity index (χ0v) is 12.7. The van der Waals surface area contributed by atoms with Gasteiger partial charge in [0.1, 0.15) is 6.10 Å². The van der Waals surface area contributed by atoms with Gasteiger partial charge >= 0.3 is 0 Å². The van der Waals surface area contributed by atoms with Crippen molar-refractivity contribution >= 4 is 0 Å². The quantitative estimate of drug-likeness (QED) is 0.810. The Hall–Kier alpha value is -1.26. The van der Waals surface area contributed by atoms with Crippen molar-refractivity contribution in [2.75, 3.05) is 13.2 Å². The van der Waals surface area contributed by atoms with E-state index >= 15 is 0 Å². The normalized spacial score (nSPS) is 28.6. The minimum absolute atomic E-state index is 0.144. The van der Waals surface area contributed by atoms with E-state index in [1.165, 1.54) is 12.8 Å². The SMILES string of the molecule is CCOc1ccccc1OC1CCC(CO)(NC2CC2)C1. The predicted octanol–water partition coefficient (Wildman–Crippen LogP) is 2.50. The maximum Gasteiger partial charge on any atom is 0.161 e. The lowest BCUT2D eigenvalue weighted by atomic mass is 9.98. The molecule has 0 radical (unpaired) electrons. The predicted molar refractivity (Wildman–Crippen MR) is 81.9 cm³/mol. The molecule has 1 aromatic rings. The maximum atomic E-state index is 9.77. The molecule has 0 saturated heterocycles. The van der Waals surface area contributed by atoms with Gasteiger partial charge in [0.15, 0.2) is 11.5 Å². The molecule has 2 aliphatic rings. The molecule has 2 unspecified atom stereocenters. The van der Waals surface area contributed by atoms with Gasteiger partial charge in [0, 0.05) is 18.0 Å². The van der Waals surface area contributed by atoms with Crippen molar-refractivity contribution in [3.05, 3.63) is 24.3 Å². The van der Waals surface area contributed by atoms with Gasteiger partial charge in [-0.1, -0.05) is 12.1 Å². The number of para-hydroxylation sites is 2. The molecule has 0 aliphatic heterocycles. The lowest BCUT2D eigenvalue weighted by Crippen LogP contribution is -2.48. The van der Waals surface area contributed by atoms with Crippen molar-refractivity contribution in [1.29, 1.82) is 0 Å². The summed E-state index contributed by atoms with van der Waals surface area (Å²) in [5.41, 5.74) is -0.146. The second kappa shape index (κ2) is 6.24. The summed E-state index contributed by atoms with van der Waals surface area (Å²) in [5, 5.41) is 13.4. The Bertz CT molecular complexity index is 475. The van der Waals surface area contributed by atoms with E-state index in [9.17, 15) is 5.11 Å². The third-order valence-corrected chi connectivity index (χ3v) is 4.40. The molecule has 0 bridgehead atoms. The van der Waals surface area contributed by atoms with Crippen molar-refractivity contribution in [3.8, 4) is 11.5 Å². The molecule has 3 rings (SSSR count). The van der Waals surface area contributed by atoms with Crippen LogP contribution < -0.4 is 14.8 Å². The van der Waals surface area contributed by atoms with E-state index in [2.05, 4.69) is 5.32 Å². The van der Waals surface area contributed by atoms with Crippen molar-refractivity contribution in [1.82, 2.24) is 5.32 Å². The molecule has 0 amide bonds. The molecule has 0 heterocycles. The summed E-state index contributed by atoms with van der Waals surface area (Å²) in [5.74, 6) is 1.61. The molecule has 0 spiro atoms. The molecule has 4 heteroatoms. The van der Waals surface area contributed by atoms with Gasteiger partial charge < -0.3 is 19.9 Å². The highest BCUT2D eigenvalue weighted by molar-refractivity contribution is 5.39. The lowest BCUT2D eigenvalue weighted by Gasteiger charge is -2.28. The van der Waals surface area contributed by atoms with E-state index in [4.69, 9.17) is 9.47 Å². The van der Waals surface area contributed by atoms with Crippen molar-refractivity contribution in [2.24, 2.45) is 0 Å². The highest BCUT2D eigenvalue weighted by Crippen LogP contribution is 2.37. The summed E-state index contributed by atoms with van der Waals surface area (Å²) in [6, 6.07) is 8.42. The van der Waals surface area contributed by atoms with Crippen molar-refractivity contribution < 1.29 is 14.6 Å². The van der Waals surface area contributed by atoms with E-state index in [0.29, 0.717) is 12.6 Å². The van der Waals surface area contributed by atoms with Crippen LogP contribution in [0.5, 0.6) is 11.5 Å². The van der Waals surface area contributed by atoms with Gasteiger partial charge in [-0.25, -0.2) is 0 Å². The minimum atomic E-state index is -0.146. The second-order valence-corrected chi connectivity index (χ2v) is 6.22. The third-order valence-electron chi connectivity index (χ3n) is 4.40. The summed E-state index contributed by atoms with van der Waals surface area (Å²) in [7, 11) is 0. The van der Waals surface area contributed by atoms with Crippen LogP contribution in [-0.4, -0.2) is 36.0 Å². The number of hydrogen-bond acceptors (Lipinski definition) is 4. The Labute approximate surface area is 126 Å². The number of benzene rings is 1. The minimum Gasteiger partial charge on any atom is -0.490 e. The van der Waals surface area contributed by atoms with Gasteiger partial charge in [0.2, 0.25) is 0 Å². The highest BCUT2D eigenvalue weighted by Gasteiger charge is 2.43. The molecule has 2 N–H and O–H groups in total. The molecule has 2 saturated carbocycles. The molecule has 4 nitrogen and oxygen atoms in total. The first-order valence-electron chi connectivity index (χ1n) is 8.02. The molecule has 2 fully saturated rings. The first kappa shape index (κ1) is 14.7. The fraction of sp³-hybridized carbons (Fsp3) is 0.647. The Morgan fingerprint density at radius 2 is 2.00 bits per heavy atom. The van der Waals surface area contributed by atoms with Crippen LogP contribution in [0.15, 0.2) is 24.3 Å². The zero-order valence-electron chi connectivity index (χ0n) is 12.7. The van der Waals surface area contributed by atoms with Gasteiger partial charge in [-0.3, -0.25) is 0 Å². The van der Waals surface area contributed by atoms with E-state index in [1.807, 2.05) is 31.2 Å². The monoisotopic (exact) mass is 291 g/mol. The highest BCUT2D eigenvalue weighted by atomic mass is 16.5. The molecular weight excluding hydrogens is 266 g/mol. The van der Waals surface area contributed by atoms with Gasteiger partial charge in [-0.15, -0.1) is 0 Å². The average molecular weight is 291 g/mol. The topological polar surface area (TPSA) is 50.7 Å². The number of aliphatic hydroxyl groups is 1. The van der Waals surface area contributed by atoms with Crippen molar-refractivity contribution in [3.63, 3.8) is 0 Å². The van der Waals surface area contributed by atoms with Gasteiger partial charge in [-0.05, 0) is 44.7 Å². The van der Waals surface area contributed by atoms with Gasteiger partial charge in [-0.2, -0.15) is 0 Å². The van der Waals surface area contributed by atoms with E-state index in [0.717, 1.165) is 30.8 Å². The van der Waals surface area contributed by atoms with E-state index < -0.39 is 0 Å². The van der Waals surface area contributed by atoms with E-state index in [-0.39, 0.29) is 18.2 Å². The maximum absolute atomic E-state index is 9.77. The summed E-state index contributed by atoms with van der Waals surface area (Å²) in [6.07, 6.45) is 5.42. The number of aliphatic hydroxyl groups excluding tert-OH is 1. The number of ether oxygens (including phenoxy) is 2. The average Bonchev–Trinajstić information content (AvgIpc) is 3.21. The van der Waals surface area contributed by atoms with Crippen LogP contribution in [0.2, 0.25) is 0 Å². The fourth-order valence-electron chi connectivity index (χ4n) is 3.16. The second-order valence-electron chi connectivity index (χ2n) is 6.22. The van der Waals surface area contributed by atoms with Crippen molar-refractivity contribution in [2.45, 2.75) is 56.7 Å². The van der Waals surface area contributed by atoms with Gasteiger partial charge in [0.05, 0.1) is 13.2 Å². The summed E-state index contributed by atoms with van der Waals surface area (Å²) in [6.45, 7) is 2.80. The zero-order chi connectivity index (χ0) is 14.7. The molecular formula is C17H25NO3. The molecule has 2 atom stereocenters. The van der Waals surface area contributed by atoms with E-state index in [1.54, 1.807) is 0 Å². The molecule has 116 valence electrons. The molecule has 21 heavy (non-hydrogen) atoms. The summed E-state index contributed by atoms with van der Waals surface area (Å²) in [4.78, 5) is 0. The summed E-state index contributed by atoms with van der Waals surface area (Å²) < 4.78 is 11.8. The Morgan fingerprint density at radius 3 is 2.67 bits per heavy atom. The standard InChI is InChI=1S/C17H25NO3/c1-2-20-15-5-3-4-6-16(15)21-14-9-10-17(11-14,12-19)18-13-7-8-13/h3-6,13-14,18-19H,2,7-12H2,1H3. The molecule has 2 aliphatic carbocycles. The Morgan fingerprint density at radius 1 is 1.24 bits per heavy atom. The van der Waals surface area contributed by atoms with Crippen LogP contribution in [-0.2, 0) is 0 Å². The molecule has 0 aromatic heterocycles. The first-order valence-corrected chi connectivity index (χ1v) is 8.02. The fourth-order valence-corrected chi connectivity index (χ4v) is 3.16. The smallest absolute Gasteiger partial charge is 0.161 e. The van der Waals surface area contributed by atoms with Crippen LogP contribution in [0.25, 0.3) is 0 Å². The Balaban J connectivity index is 1.63. The van der Waals surface area contributed by atoms with Crippen LogP contribution in [0, 0.1) is 0 Å².